The van der Waals surface area contributed by atoms with E-state index in [-0.39, 0.29) is 12.1 Å². The lowest BCUT2D eigenvalue weighted by Crippen LogP contribution is -2.20. The van der Waals surface area contributed by atoms with Crippen molar-refractivity contribution >= 4 is 21.7 Å². The van der Waals surface area contributed by atoms with E-state index in [0.29, 0.717) is 5.56 Å². The van der Waals surface area contributed by atoms with Gasteiger partial charge in [0.25, 0.3) is 10.0 Å². The molecule has 0 aromatic heterocycles. The minimum Gasteiger partial charge on any atom is -0.481 e. The van der Waals surface area contributed by atoms with Gasteiger partial charge in [-0.25, -0.2) is 8.42 Å². The SMILES string of the molecule is O=C(O)Cc1cccc(NS(=O)(=O)C(F)F)c1. The van der Waals surface area contributed by atoms with Gasteiger partial charge in [-0.3, -0.25) is 9.52 Å². The van der Waals surface area contributed by atoms with E-state index >= 15 is 0 Å². The fraction of sp³-hybridized carbons (Fsp3) is 0.222. The third kappa shape index (κ3) is 3.99. The second kappa shape index (κ2) is 5.09. The lowest BCUT2D eigenvalue weighted by Gasteiger charge is -2.07. The van der Waals surface area contributed by atoms with E-state index in [0.717, 1.165) is 0 Å². The van der Waals surface area contributed by atoms with Gasteiger partial charge in [-0.15, -0.1) is 0 Å². The molecule has 0 heterocycles. The maximum Gasteiger partial charge on any atom is 0.355 e. The van der Waals surface area contributed by atoms with Gasteiger partial charge in [0.2, 0.25) is 0 Å². The highest BCUT2D eigenvalue weighted by atomic mass is 32.2. The van der Waals surface area contributed by atoms with Crippen molar-refractivity contribution < 1.29 is 27.1 Å². The number of alkyl halides is 2. The molecule has 94 valence electrons. The molecule has 0 amide bonds. The smallest absolute Gasteiger partial charge is 0.355 e. The summed E-state index contributed by atoms with van der Waals surface area (Å²) in [5.74, 6) is -4.63. The van der Waals surface area contributed by atoms with E-state index in [2.05, 4.69) is 0 Å². The Morgan fingerprint density at radius 2 is 2.06 bits per heavy atom. The van der Waals surface area contributed by atoms with Crippen molar-refractivity contribution in [3.8, 4) is 0 Å². The predicted molar refractivity (Wildman–Crippen MR) is 56.3 cm³/mol. The van der Waals surface area contributed by atoms with Crippen molar-refractivity contribution in [2.24, 2.45) is 0 Å². The molecule has 0 aliphatic carbocycles. The molecule has 8 heteroatoms. The van der Waals surface area contributed by atoms with Crippen molar-refractivity contribution in [2.75, 3.05) is 4.72 Å². The van der Waals surface area contributed by atoms with Crippen LogP contribution in [0.4, 0.5) is 14.5 Å². The molecule has 17 heavy (non-hydrogen) atoms. The van der Waals surface area contributed by atoms with Crippen LogP contribution in [-0.4, -0.2) is 25.3 Å². The van der Waals surface area contributed by atoms with Crippen LogP contribution >= 0.6 is 0 Å². The summed E-state index contributed by atoms with van der Waals surface area (Å²) >= 11 is 0. The number of hydrogen-bond donors (Lipinski definition) is 2. The summed E-state index contributed by atoms with van der Waals surface area (Å²) in [5, 5.41) is 8.52. The molecule has 0 saturated heterocycles. The number of rotatable bonds is 5. The maximum absolute atomic E-state index is 12.1. The van der Waals surface area contributed by atoms with Gasteiger partial charge in [0, 0.05) is 5.69 Å². The quantitative estimate of drug-likeness (QED) is 0.840. The molecule has 1 aromatic carbocycles. The van der Waals surface area contributed by atoms with Crippen LogP contribution in [0.3, 0.4) is 0 Å². The fourth-order valence-corrected chi connectivity index (χ4v) is 1.67. The Hall–Kier alpha value is -1.70. The zero-order valence-electron chi connectivity index (χ0n) is 8.43. The Morgan fingerprint density at radius 3 is 2.59 bits per heavy atom. The van der Waals surface area contributed by atoms with Crippen molar-refractivity contribution in [3.05, 3.63) is 29.8 Å². The van der Waals surface area contributed by atoms with Crippen molar-refractivity contribution in [3.63, 3.8) is 0 Å². The Morgan fingerprint density at radius 1 is 1.41 bits per heavy atom. The fourth-order valence-electron chi connectivity index (χ4n) is 1.13. The Bertz CT molecular complexity index is 515. The predicted octanol–water partition coefficient (Wildman–Crippen LogP) is 1.28. The normalized spacial score (nSPS) is 11.5. The topological polar surface area (TPSA) is 83.5 Å². The largest absolute Gasteiger partial charge is 0.481 e. The second-order valence-electron chi connectivity index (χ2n) is 3.18. The summed E-state index contributed by atoms with van der Waals surface area (Å²) < 4.78 is 47.5. The summed E-state index contributed by atoms with van der Waals surface area (Å²) in [6.07, 6.45) is -0.315. The van der Waals surface area contributed by atoms with Crippen LogP contribution in [0, 0.1) is 0 Å². The molecule has 0 aliphatic heterocycles. The number of carboxylic acids is 1. The van der Waals surface area contributed by atoms with Gasteiger partial charge in [-0.05, 0) is 17.7 Å². The summed E-state index contributed by atoms with van der Waals surface area (Å²) in [6.45, 7) is 0. The molecule has 2 N–H and O–H groups in total. The summed E-state index contributed by atoms with van der Waals surface area (Å²) in [4.78, 5) is 10.4. The van der Waals surface area contributed by atoms with Crippen LogP contribution in [0.2, 0.25) is 0 Å². The number of hydrogen-bond acceptors (Lipinski definition) is 3. The van der Waals surface area contributed by atoms with Crippen molar-refractivity contribution in [1.29, 1.82) is 0 Å². The van der Waals surface area contributed by atoms with E-state index in [1.54, 1.807) is 4.72 Å². The highest BCUT2D eigenvalue weighted by Crippen LogP contribution is 2.15. The van der Waals surface area contributed by atoms with E-state index in [9.17, 15) is 22.0 Å². The molecule has 1 rings (SSSR count). The Balaban J connectivity index is 2.90. The molecule has 1 aromatic rings. The molecule has 0 radical (unpaired) electrons. The Kier molecular flexibility index (Phi) is 4.00. The third-order valence-corrected chi connectivity index (χ3v) is 2.77. The molecule has 0 bridgehead atoms. The number of carboxylic acid groups (broad SMARTS) is 1. The van der Waals surface area contributed by atoms with E-state index < -0.39 is 21.8 Å². The number of halogens is 2. The minimum absolute atomic E-state index is 0.0935. The van der Waals surface area contributed by atoms with E-state index in [1.165, 1.54) is 24.3 Å². The highest BCUT2D eigenvalue weighted by molar-refractivity contribution is 7.93. The average molecular weight is 265 g/mol. The number of carbonyl (C=O) groups is 1. The van der Waals surface area contributed by atoms with Crippen LogP contribution in [0.25, 0.3) is 0 Å². The molecular weight excluding hydrogens is 256 g/mol. The number of anilines is 1. The number of nitrogens with one attached hydrogen (secondary N) is 1. The van der Waals surface area contributed by atoms with Gasteiger partial charge in [-0.1, -0.05) is 12.1 Å². The van der Waals surface area contributed by atoms with Gasteiger partial charge in [-0.2, -0.15) is 8.78 Å². The van der Waals surface area contributed by atoms with E-state index in [1.807, 2.05) is 0 Å². The molecular formula is C9H9F2NO4S. The van der Waals surface area contributed by atoms with E-state index in [4.69, 9.17) is 5.11 Å². The minimum atomic E-state index is -4.73. The summed E-state index contributed by atoms with van der Waals surface area (Å²) in [7, 11) is -4.73. The molecule has 0 aliphatic rings. The maximum atomic E-state index is 12.1. The van der Waals surface area contributed by atoms with Gasteiger partial charge in [0.15, 0.2) is 0 Å². The summed E-state index contributed by atoms with van der Waals surface area (Å²) in [5.41, 5.74) is 0.219. The van der Waals surface area contributed by atoms with Crippen LogP contribution in [0.1, 0.15) is 5.56 Å². The van der Waals surface area contributed by atoms with Crippen LogP contribution in [0.15, 0.2) is 24.3 Å². The first-order valence-electron chi connectivity index (χ1n) is 4.42. The monoisotopic (exact) mass is 265 g/mol. The first-order chi connectivity index (χ1) is 7.81. The molecule has 5 nitrogen and oxygen atoms in total. The van der Waals surface area contributed by atoms with Gasteiger partial charge in [0.05, 0.1) is 6.42 Å². The van der Waals surface area contributed by atoms with Crippen molar-refractivity contribution in [1.82, 2.24) is 0 Å². The molecule has 0 fully saturated rings. The second-order valence-corrected chi connectivity index (χ2v) is 4.83. The molecule has 0 saturated carbocycles. The lowest BCUT2D eigenvalue weighted by molar-refractivity contribution is -0.136. The third-order valence-electron chi connectivity index (χ3n) is 1.78. The first kappa shape index (κ1) is 13.4. The highest BCUT2D eigenvalue weighted by Gasteiger charge is 2.23. The number of sulfonamides is 1. The van der Waals surface area contributed by atoms with Gasteiger partial charge in [0.1, 0.15) is 0 Å². The van der Waals surface area contributed by atoms with Crippen LogP contribution < -0.4 is 4.72 Å². The number of benzene rings is 1. The molecule has 0 spiro atoms. The Labute approximate surface area is 96.1 Å². The average Bonchev–Trinajstić information content (AvgIpc) is 2.15. The zero-order chi connectivity index (χ0) is 13.1. The molecule has 0 unspecified atom stereocenters. The van der Waals surface area contributed by atoms with Crippen LogP contribution in [-0.2, 0) is 21.2 Å². The molecule has 0 atom stereocenters. The van der Waals surface area contributed by atoms with Crippen LogP contribution in [0.5, 0.6) is 0 Å². The van der Waals surface area contributed by atoms with Crippen molar-refractivity contribution in [2.45, 2.75) is 12.2 Å². The standard InChI is InChI=1S/C9H9F2NO4S/c10-9(11)17(15,16)12-7-3-1-2-6(4-7)5-8(13)14/h1-4,9,12H,5H2,(H,13,14). The first-order valence-corrected chi connectivity index (χ1v) is 5.96. The lowest BCUT2D eigenvalue weighted by atomic mass is 10.1. The van der Waals surface area contributed by atoms with Gasteiger partial charge < -0.3 is 5.11 Å². The number of aliphatic carboxylic acids is 1. The summed E-state index contributed by atoms with van der Waals surface area (Å²) in [6, 6.07) is 5.27. The van der Waals surface area contributed by atoms with Gasteiger partial charge >= 0.3 is 11.7 Å². The zero-order valence-corrected chi connectivity index (χ0v) is 9.25.